The fourth-order valence-corrected chi connectivity index (χ4v) is 1.75. The van der Waals surface area contributed by atoms with E-state index in [0.29, 0.717) is 6.42 Å². The van der Waals surface area contributed by atoms with Gasteiger partial charge in [-0.2, -0.15) is 0 Å². The fourth-order valence-electron chi connectivity index (χ4n) is 1.75. The largest absolute Gasteiger partial charge is 0.460 e. The summed E-state index contributed by atoms with van der Waals surface area (Å²) in [5.41, 5.74) is 0.932. The van der Waals surface area contributed by atoms with Gasteiger partial charge >= 0.3 is 5.97 Å². The van der Waals surface area contributed by atoms with Crippen molar-refractivity contribution in [2.24, 2.45) is 5.92 Å². The second kappa shape index (κ2) is 8.46. The minimum Gasteiger partial charge on any atom is -0.460 e. The topological polar surface area (TPSA) is 43.4 Å². The lowest BCUT2D eigenvalue weighted by Crippen LogP contribution is -2.23. The highest BCUT2D eigenvalue weighted by Crippen LogP contribution is 2.10. The molecule has 0 amide bonds. The number of unbranched alkanes of at least 4 members (excludes halogenated alkanes) is 2. The third kappa shape index (κ3) is 5.69. The third-order valence-electron chi connectivity index (χ3n) is 3.09. The number of carbonyl (C=O) groups excluding carboxylic acids is 2. The molecule has 1 aromatic rings. The summed E-state index contributed by atoms with van der Waals surface area (Å²) in [6.45, 7) is 3.94. The van der Waals surface area contributed by atoms with Crippen LogP contribution in [-0.4, -0.2) is 11.8 Å². The van der Waals surface area contributed by atoms with Crippen LogP contribution in [0.5, 0.6) is 0 Å². The van der Waals surface area contributed by atoms with Crippen LogP contribution in [-0.2, 0) is 20.9 Å². The molecule has 0 saturated carbocycles. The number of benzene rings is 1. The fraction of sp³-hybridized carbons (Fsp3) is 0.500. The summed E-state index contributed by atoms with van der Waals surface area (Å²) >= 11 is 0. The summed E-state index contributed by atoms with van der Waals surface area (Å²) in [5, 5.41) is 0. The Morgan fingerprint density at radius 3 is 2.47 bits per heavy atom. The first-order valence-corrected chi connectivity index (χ1v) is 6.88. The molecule has 0 fully saturated rings. The van der Waals surface area contributed by atoms with Crippen molar-refractivity contribution in [3.63, 3.8) is 0 Å². The van der Waals surface area contributed by atoms with Crippen LogP contribution >= 0.6 is 0 Å². The molecule has 0 N–H and O–H groups in total. The van der Waals surface area contributed by atoms with Gasteiger partial charge in [0, 0.05) is 6.42 Å². The van der Waals surface area contributed by atoms with Gasteiger partial charge in [0.1, 0.15) is 18.3 Å². The molecule has 3 nitrogen and oxygen atoms in total. The lowest BCUT2D eigenvalue weighted by molar-refractivity contribution is -0.152. The molecule has 0 spiro atoms. The minimum absolute atomic E-state index is 0.0217. The number of carbonyl (C=O) groups is 2. The summed E-state index contributed by atoms with van der Waals surface area (Å²) < 4.78 is 5.16. The molecule has 0 aromatic heterocycles. The summed E-state index contributed by atoms with van der Waals surface area (Å²) in [6, 6.07) is 9.47. The SMILES string of the molecule is CCCCCC(=O)C(C)C(=O)OCc1ccccc1. The molecule has 0 saturated heterocycles. The Hall–Kier alpha value is -1.64. The zero-order valence-corrected chi connectivity index (χ0v) is 11.7. The van der Waals surface area contributed by atoms with Gasteiger partial charge in [-0.3, -0.25) is 9.59 Å². The Morgan fingerprint density at radius 2 is 1.84 bits per heavy atom. The molecule has 1 atom stereocenters. The first-order chi connectivity index (χ1) is 9.15. The average Bonchev–Trinajstić information content (AvgIpc) is 2.45. The van der Waals surface area contributed by atoms with E-state index < -0.39 is 11.9 Å². The Bertz CT molecular complexity index is 398. The molecule has 0 bridgehead atoms. The van der Waals surface area contributed by atoms with Crippen LogP contribution < -0.4 is 0 Å². The molecule has 19 heavy (non-hydrogen) atoms. The molecule has 0 aliphatic carbocycles. The molecule has 0 radical (unpaired) electrons. The molecule has 1 rings (SSSR count). The lowest BCUT2D eigenvalue weighted by atomic mass is 10.0. The number of rotatable bonds is 8. The van der Waals surface area contributed by atoms with Crippen molar-refractivity contribution in [2.75, 3.05) is 0 Å². The van der Waals surface area contributed by atoms with Crippen molar-refractivity contribution < 1.29 is 14.3 Å². The van der Waals surface area contributed by atoms with Crippen molar-refractivity contribution >= 4 is 11.8 Å². The molecule has 0 aliphatic heterocycles. The smallest absolute Gasteiger partial charge is 0.316 e. The van der Waals surface area contributed by atoms with E-state index in [9.17, 15) is 9.59 Å². The highest BCUT2D eigenvalue weighted by Gasteiger charge is 2.22. The quantitative estimate of drug-likeness (QED) is 0.409. The van der Waals surface area contributed by atoms with Crippen molar-refractivity contribution in [2.45, 2.75) is 46.1 Å². The summed E-state index contributed by atoms with van der Waals surface area (Å²) in [5.74, 6) is -1.10. The minimum atomic E-state index is -0.652. The van der Waals surface area contributed by atoms with Gasteiger partial charge in [0.25, 0.3) is 0 Å². The van der Waals surface area contributed by atoms with Gasteiger partial charge in [-0.15, -0.1) is 0 Å². The van der Waals surface area contributed by atoms with E-state index in [1.165, 1.54) is 0 Å². The van der Waals surface area contributed by atoms with Gasteiger partial charge in [-0.05, 0) is 18.9 Å². The normalized spacial score (nSPS) is 11.9. The van der Waals surface area contributed by atoms with Gasteiger partial charge in [0.05, 0.1) is 0 Å². The molecular formula is C16H22O3. The Kier molecular flexibility index (Phi) is 6.86. The van der Waals surface area contributed by atoms with Crippen LogP contribution in [0.2, 0.25) is 0 Å². The van der Waals surface area contributed by atoms with E-state index in [1.807, 2.05) is 30.3 Å². The predicted molar refractivity (Wildman–Crippen MR) is 74.6 cm³/mol. The van der Waals surface area contributed by atoms with Crippen LogP contribution in [0.4, 0.5) is 0 Å². The van der Waals surface area contributed by atoms with Gasteiger partial charge in [0.15, 0.2) is 0 Å². The zero-order chi connectivity index (χ0) is 14.1. The maximum absolute atomic E-state index is 11.8. The Labute approximate surface area is 115 Å². The van der Waals surface area contributed by atoms with Crippen molar-refractivity contribution in [3.8, 4) is 0 Å². The monoisotopic (exact) mass is 262 g/mol. The molecule has 1 unspecified atom stereocenters. The van der Waals surface area contributed by atoms with E-state index in [-0.39, 0.29) is 12.4 Å². The average molecular weight is 262 g/mol. The second-order valence-electron chi connectivity index (χ2n) is 4.74. The van der Waals surface area contributed by atoms with E-state index >= 15 is 0 Å². The predicted octanol–water partition coefficient (Wildman–Crippen LogP) is 3.52. The summed E-state index contributed by atoms with van der Waals surface area (Å²) in [7, 11) is 0. The first kappa shape index (κ1) is 15.4. The standard InChI is InChI=1S/C16H22O3/c1-3-4-6-11-15(17)13(2)16(18)19-12-14-9-7-5-8-10-14/h5,7-10,13H,3-4,6,11-12H2,1-2H3. The van der Waals surface area contributed by atoms with Gasteiger partial charge in [0.2, 0.25) is 0 Å². The molecule has 104 valence electrons. The maximum Gasteiger partial charge on any atom is 0.316 e. The number of Topliss-reactive ketones (excluding diaryl/α,β-unsaturated/α-hetero) is 1. The lowest BCUT2D eigenvalue weighted by Gasteiger charge is -2.10. The molecule has 0 aliphatic rings. The molecule has 1 aromatic carbocycles. The maximum atomic E-state index is 11.8. The second-order valence-corrected chi connectivity index (χ2v) is 4.74. The molecule has 0 heterocycles. The molecular weight excluding hydrogens is 240 g/mol. The van der Waals surface area contributed by atoms with Crippen LogP contribution in [0.1, 0.15) is 45.1 Å². The third-order valence-corrected chi connectivity index (χ3v) is 3.09. The number of esters is 1. The van der Waals surface area contributed by atoms with Crippen molar-refractivity contribution in [1.29, 1.82) is 0 Å². The van der Waals surface area contributed by atoms with Crippen LogP contribution in [0.3, 0.4) is 0 Å². The number of ketones is 1. The zero-order valence-electron chi connectivity index (χ0n) is 11.7. The van der Waals surface area contributed by atoms with Crippen molar-refractivity contribution in [3.05, 3.63) is 35.9 Å². The van der Waals surface area contributed by atoms with Crippen LogP contribution in [0, 0.1) is 5.92 Å². The Balaban J connectivity index is 2.34. The van der Waals surface area contributed by atoms with Gasteiger partial charge in [-0.1, -0.05) is 50.1 Å². The van der Waals surface area contributed by atoms with E-state index in [0.717, 1.165) is 24.8 Å². The van der Waals surface area contributed by atoms with Gasteiger partial charge < -0.3 is 4.74 Å². The van der Waals surface area contributed by atoms with Crippen LogP contribution in [0.25, 0.3) is 0 Å². The van der Waals surface area contributed by atoms with E-state index in [2.05, 4.69) is 6.92 Å². The molecule has 3 heteroatoms. The number of ether oxygens (including phenoxy) is 1. The van der Waals surface area contributed by atoms with E-state index in [1.54, 1.807) is 6.92 Å². The Morgan fingerprint density at radius 1 is 1.16 bits per heavy atom. The van der Waals surface area contributed by atoms with Crippen molar-refractivity contribution in [1.82, 2.24) is 0 Å². The summed E-state index contributed by atoms with van der Waals surface area (Å²) in [4.78, 5) is 23.5. The summed E-state index contributed by atoms with van der Waals surface area (Å²) in [6.07, 6.45) is 3.42. The highest BCUT2D eigenvalue weighted by atomic mass is 16.5. The highest BCUT2D eigenvalue weighted by molar-refractivity contribution is 5.98. The first-order valence-electron chi connectivity index (χ1n) is 6.88. The number of hydrogen-bond acceptors (Lipinski definition) is 3. The number of hydrogen-bond donors (Lipinski definition) is 0. The van der Waals surface area contributed by atoms with E-state index in [4.69, 9.17) is 4.74 Å². The van der Waals surface area contributed by atoms with Crippen LogP contribution in [0.15, 0.2) is 30.3 Å². The van der Waals surface area contributed by atoms with Gasteiger partial charge in [-0.25, -0.2) is 0 Å².